The van der Waals surface area contributed by atoms with Crippen molar-refractivity contribution in [2.45, 2.75) is 20.4 Å². The lowest BCUT2D eigenvalue weighted by atomic mass is 10.1. The number of carboxylic acids is 1. The van der Waals surface area contributed by atoms with Crippen LogP contribution in [0.5, 0.6) is 0 Å². The number of aromatic nitrogens is 1. The zero-order valence-corrected chi connectivity index (χ0v) is 14.4. The van der Waals surface area contributed by atoms with E-state index in [0.717, 1.165) is 10.9 Å². The van der Waals surface area contributed by atoms with Crippen LogP contribution in [0.3, 0.4) is 0 Å². The molecule has 132 valence electrons. The van der Waals surface area contributed by atoms with Crippen LogP contribution in [0.4, 0.5) is 5.69 Å². The number of carboxylic acid groups (broad SMARTS) is 1. The standard InChI is InChI=1S/C18H21N3O4/c1-18(2)14(15(18)17(24)25)16(23)20-11-5-4-10-6-7-21(12(10)8-11)9-13(22)19-3/h4-8,14-15H,9H2,1-3H3,(H,19,22)(H,20,23)(H,24,25)/t14-,15+/m0/s1. The van der Waals surface area contributed by atoms with Gasteiger partial charge in [-0.15, -0.1) is 0 Å². The molecule has 0 spiro atoms. The summed E-state index contributed by atoms with van der Waals surface area (Å²) in [6.45, 7) is 3.76. The molecule has 0 saturated heterocycles. The summed E-state index contributed by atoms with van der Waals surface area (Å²) in [5, 5.41) is 15.5. The molecule has 0 radical (unpaired) electrons. The maximum absolute atomic E-state index is 12.4. The van der Waals surface area contributed by atoms with Crippen LogP contribution in [0, 0.1) is 17.3 Å². The smallest absolute Gasteiger partial charge is 0.307 e. The Hall–Kier alpha value is -2.83. The van der Waals surface area contributed by atoms with Crippen LogP contribution in [-0.4, -0.2) is 34.5 Å². The number of hydrogen-bond acceptors (Lipinski definition) is 3. The molecule has 0 unspecified atom stereocenters. The van der Waals surface area contributed by atoms with Gasteiger partial charge in [0.2, 0.25) is 11.8 Å². The summed E-state index contributed by atoms with van der Waals surface area (Å²) in [5.74, 6) is -2.55. The van der Waals surface area contributed by atoms with Crippen LogP contribution in [0.2, 0.25) is 0 Å². The monoisotopic (exact) mass is 343 g/mol. The van der Waals surface area contributed by atoms with Gasteiger partial charge in [-0.05, 0) is 29.0 Å². The lowest BCUT2D eigenvalue weighted by Crippen LogP contribution is -2.23. The third kappa shape index (κ3) is 2.97. The minimum Gasteiger partial charge on any atom is -0.481 e. The number of nitrogens with zero attached hydrogens (tertiary/aromatic N) is 1. The van der Waals surface area contributed by atoms with Gasteiger partial charge in [-0.1, -0.05) is 19.9 Å². The van der Waals surface area contributed by atoms with Gasteiger partial charge in [0.25, 0.3) is 0 Å². The second-order valence-corrected chi connectivity index (χ2v) is 6.99. The van der Waals surface area contributed by atoms with Crippen molar-refractivity contribution in [3.05, 3.63) is 30.5 Å². The Morgan fingerprint density at radius 2 is 1.92 bits per heavy atom. The quantitative estimate of drug-likeness (QED) is 0.769. The van der Waals surface area contributed by atoms with Crippen molar-refractivity contribution < 1.29 is 19.5 Å². The molecule has 2 amide bonds. The Kier molecular flexibility index (Phi) is 4.02. The summed E-state index contributed by atoms with van der Waals surface area (Å²) in [6.07, 6.45) is 1.82. The molecule has 1 aromatic heterocycles. The highest BCUT2D eigenvalue weighted by molar-refractivity contribution is 6.01. The van der Waals surface area contributed by atoms with Gasteiger partial charge in [-0.25, -0.2) is 0 Å². The number of rotatable bonds is 5. The van der Waals surface area contributed by atoms with Gasteiger partial charge in [0.15, 0.2) is 0 Å². The number of carbonyl (C=O) groups is 3. The SMILES string of the molecule is CNC(=O)Cn1ccc2ccc(NC(=O)[C@@H]3[C@H](C(=O)O)C3(C)C)cc21. The average molecular weight is 343 g/mol. The zero-order valence-electron chi connectivity index (χ0n) is 14.4. The van der Waals surface area contributed by atoms with E-state index in [0.29, 0.717) is 5.69 Å². The molecular weight excluding hydrogens is 322 g/mol. The highest BCUT2D eigenvalue weighted by Crippen LogP contribution is 2.58. The summed E-state index contributed by atoms with van der Waals surface area (Å²) in [6, 6.07) is 7.32. The average Bonchev–Trinajstić information content (AvgIpc) is 2.94. The van der Waals surface area contributed by atoms with Crippen molar-refractivity contribution in [2.75, 3.05) is 12.4 Å². The Bertz CT molecular complexity index is 868. The van der Waals surface area contributed by atoms with Crippen molar-refractivity contribution in [1.82, 2.24) is 9.88 Å². The first-order valence-corrected chi connectivity index (χ1v) is 8.09. The Balaban J connectivity index is 1.80. The molecule has 1 aliphatic carbocycles. The Morgan fingerprint density at radius 1 is 1.20 bits per heavy atom. The first kappa shape index (κ1) is 17.0. The maximum Gasteiger partial charge on any atom is 0.307 e. The number of benzene rings is 1. The number of likely N-dealkylation sites (N-methyl/N-ethyl adjacent to an activating group) is 1. The number of carbonyl (C=O) groups excluding carboxylic acids is 2. The van der Waals surface area contributed by atoms with Crippen LogP contribution in [0.25, 0.3) is 10.9 Å². The summed E-state index contributed by atoms with van der Waals surface area (Å²) in [4.78, 5) is 35.3. The molecule has 3 rings (SSSR count). The van der Waals surface area contributed by atoms with Gasteiger partial charge >= 0.3 is 5.97 Å². The van der Waals surface area contributed by atoms with E-state index in [-0.39, 0.29) is 18.4 Å². The van der Waals surface area contributed by atoms with Crippen LogP contribution in [0.15, 0.2) is 30.5 Å². The van der Waals surface area contributed by atoms with Gasteiger partial charge in [0.05, 0.1) is 17.4 Å². The van der Waals surface area contributed by atoms with Crippen molar-refractivity contribution >= 4 is 34.4 Å². The third-order valence-corrected chi connectivity index (χ3v) is 5.01. The molecule has 0 aliphatic heterocycles. The first-order chi connectivity index (χ1) is 11.8. The minimum absolute atomic E-state index is 0.115. The van der Waals surface area contributed by atoms with E-state index in [4.69, 9.17) is 0 Å². The third-order valence-electron chi connectivity index (χ3n) is 5.01. The second kappa shape index (κ2) is 5.91. The lowest BCUT2D eigenvalue weighted by Gasteiger charge is -2.08. The van der Waals surface area contributed by atoms with Crippen LogP contribution in [0.1, 0.15) is 13.8 Å². The number of nitrogens with one attached hydrogen (secondary N) is 2. The van der Waals surface area contributed by atoms with Crippen molar-refractivity contribution in [2.24, 2.45) is 17.3 Å². The number of aliphatic carboxylic acids is 1. The molecule has 3 N–H and O–H groups in total. The van der Waals surface area contributed by atoms with Crippen molar-refractivity contribution in [3.8, 4) is 0 Å². The number of hydrogen-bond donors (Lipinski definition) is 3. The lowest BCUT2D eigenvalue weighted by molar-refractivity contribution is -0.140. The Morgan fingerprint density at radius 3 is 2.52 bits per heavy atom. The van der Waals surface area contributed by atoms with Gasteiger partial charge in [-0.3, -0.25) is 14.4 Å². The van der Waals surface area contributed by atoms with E-state index < -0.39 is 23.2 Å². The van der Waals surface area contributed by atoms with E-state index in [9.17, 15) is 19.5 Å². The molecule has 7 nitrogen and oxygen atoms in total. The molecule has 7 heteroatoms. The molecule has 1 heterocycles. The van der Waals surface area contributed by atoms with Crippen LogP contribution >= 0.6 is 0 Å². The number of amides is 2. The summed E-state index contributed by atoms with van der Waals surface area (Å²) in [7, 11) is 1.58. The molecule has 0 bridgehead atoms. The predicted octanol–water partition coefficient (Wildman–Crippen LogP) is 1.68. The highest BCUT2D eigenvalue weighted by Gasteiger charge is 2.65. The summed E-state index contributed by atoms with van der Waals surface area (Å²) in [5.41, 5.74) is 0.867. The second-order valence-electron chi connectivity index (χ2n) is 6.99. The molecule has 1 aliphatic rings. The fraction of sp³-hybridized carbons (Fsp3) is 0.389. The first-order valence-electron chi connectivity index (χ1n) is 8.09. The molecule has 2 aromatic rings. The molecule has 25 heavy (non-hydrogen) atoms. The highest BCUT2D eigenvalue weighted by atomic mass is 16.4. The van der Waals surface area contributed by atoms with Gasteiger partial charge in [0.1, 0.15) is 6.54 Å². The number of anilines is 1. The van der Waals surface area contributed by atoms with E-state index in [1.807, 2.05) is 18.3 Å². The maximum atomic E-state index is 12.4. The van der Waals surface area contributed by atoms with E-state index in [1.54, 1.807) is 37.6 Å². The predicted molar refractivity (Wildman–Crippen MR) is 93.0 cm³/mol. The van der Waals surface area contributed by atoms with Crippen LogP contribution < -0.4 is 10.6 Å². The van der Waals surface area contributed by atoms with Crippen molar-refractivity contribution in [3.63, 3.8) is 0 Å². The topological polar surface area (TPSA) is 100 Å². The zero-order chi connectivity index (χ0) is 18.4. The summed E-state index contributed by atoms with van der Waals surface area (Å²) >= 11 is 0. The molecule has 1 aromatic carbocycles. The fourth-order valence-corrected chi connectivity index (χ4v) is 3.44. The normalized spacial score (nSPS) is 20.9. The van der Waals surface area contributed by atoms with Crippen LogP contribution in [-0.2, 0) is 20.9 Å². The molecule has 2 atom stereocenters. The number of fused-ring (bicyclic) bond motifs is 1. The molecular formula is C18H21N3O4. The van der Waals surface area contributed by atoms with Gasteiger partial charge < -0.3 is 20.3 Å². The van der Waals surface area contributed by atoms with E-state index in [2.05, 4.69) is 10.6 Å². The van der Waals surface area contributed by atoms with E-state index >= 15 is 0 Å². The fourth-order valence-electron chi connectivity index (χ4n) is 3.44. The largest absolute Gasteiger partial charge is 0.481 e. The summed E-state index contributed by atoms with van der Waals surface area (Å²) < 4.78 is 1.80. The van der Waals surface area contributed by atoms with Crippen molar-refractivity contribution in [1.29, 1.82) is 0 Å². The van der Waals surface area contributed by atoms with E-state index in [1.165, 1.54) is 0 Å². The van der Waals surface area contributed by atoms with Gasteiger partial charge in [-0.2, -0.15) is 0 Å². The minimum atomic E-state index is -0.944. The molecule has 1 fully saturated rings. The van der Waals surface area contributed by atoms with Gasteiger partial charge in [0, 0.05) is 18.9 Å². The Labute approximate surface area is 145 Å². The molecule has 1 saturated carbocycles.